The summed E-state index contributed by atoms with van der Waals surface area (Å²) < 4.78 is 53.0. The number of rotatable bonds is 3. The van der Waals surface area contributed by atoms with Gasteiger partial charge in [0, 0.05) is 11.6 Å². The van der Waals surface area contributed by atoms with Gasteiger partial charge in [0.25, 0.3) is 0 Å². The van der Waals surface area contributed by atoms with E-state index in [1.165, 1.54) is 12.1 Å². The first-order valence-electron chi connectivity index (χ1n) is 5.62. The third-order valence-electron chi connectivity index (χ3n) is 2.83. The van der Waals surface area contributed by atoms with Crippen molar-refractivity contribution in [2.24, 2.45) is 5.73 Å². The molecule has 0 heterocycles. The van der Waals surface area contributed by atoms with Gasteiger partial charge in [0.1, 0.15) is 11.6 Å². The van der Waals surface area contributed by atoms with Crippen LogP contribution in [0, 0.1) is 23.3 Å². The average molecular weight is 269 g/mol. The van der Waals surface area contributed by atoms with Crippen LogP contribution in [0.15, 0.2) is 36.4 Å². The summed E-state index contributed by atoms with van der Waals surface area (Å²) >= 11 is 0. The Morgan fingerprint density at radius 2 is 1.68 bits per heavy atom. The molecular formula is C14H11F4N. The standard InChI is InChI=1S/C14H11F4N/c15-9-4-5-11(16)8(6-9)7-13(19)10-2-1-3-12(17)14(10)18/h1-6,13H,7,19H2. The zero-order valence-corrected chi connectivity index (χ0v) is 9.84. The van der Waals surface area contributed by atoms with Gasteiger partial charge in [-0.2, -0.15) is 0 Å². The Kier molecular flexibility index (Phi) is 3.85. The lowest BCUT2D eigenvalue weighted by Gasteiger charge is -2.14. The molecule has 0 aliphatic heterocycles. The van der Waals surface area contributed by atoms with Crippen LogP contribution in [0.2, 0.25) is 0 Å². The van der Waals surface area contributed by atoms with Crippen LogP contribution in [-0.2, 0) is 6.42 Å². The lowest BCUT2D eigenvalue weighted by atomic mass is 9.98. The van der Waals surface area contributed by atoms with Crippen molar-refractivity contribution < 1.29 is 17.6 Å². The molecule has 0 aromatic heterocycles. The monoisotopic (exact) mass is 269 g/mol. The van der Waals surface area contributed by atoms with Gasteiger partial charge in [-0.3, -0.25) is 0 Å². The van der Waals surface area contributed by atoms with Gasteiger partial charge in [-0.15, -0.1) is 0 Å². The molecule has 2 N–H and O–H groups in total. The molecule has 100 valence electrons. The van der Waals surface area contributed by atoms with E-state index in [1.54, 1.807) is 0 Å². The van der Waals surface area contributed by atoms with Crippen molar-refractivity contribution in [2.45, 2.75) is 12.5 Å². The number of benzene rings is 2. The van der Waals surface area contributed by atoms with Gasteiger partial charge < -0.3 is 5.73 Å². The largest absolute Gasteiger partial charge is 0.324 e. The third-order valence-corrected chi connectivity index (χ3v) is 2.83. The van der Waals surface area contributed by atoms with E-state index in [0.29, 0.717) is 0 Å². The molecular weight excluding hydrogens is 258 g/mol. The first-order chi connectivity index (χ1) is 8.99. The molecule has 0 bridgehead atoms. The van der Waals surface area contributed by atoms with Crippen LogP contribution in [0.4, 0.5) is 17.6 Å². The summed E-state index contributed by atoms with van der Waals surface area (Å²) in [6, 6.07) is 5.59. The van der Waals surface area contributed by atoms with E-state index < -0.39 is 29.3 Å². The van der Waals surface area contributed by atoms with Gasteiger partial charge in [-0.25, -0.2) is 17.6 Å². The van der Waals surface area contributed by atoms with Gasteiger partial charge in [-0.05, 0) is 36.2 Å². The number of halogens is 4. The van der Waals surface area contributed by atoms with Gasteiger partial charge in [0.15, 0.2) is 11.6 Å². The molecule has 1 unspecified atom stereocenters. The highest BCUT2D eigenvalue weighted by Gasteiger charge is 2.17. The average Bonchev–Trinajstić information content (AvgIpc) is 2.37. The van der Waals surface area contributed by atoms with E-state index in [4.69, 9.17) is 5.73 Å². The van der Waals surface area contributed by atoms with E-state index in [-0.39, 0.29) is 17.5 Å². The fraction of sp³-hybridized carbons (Fsp3) is 0.143. The van der Waals surface area contributed by atoms with Crippen LogP contribution in [0.5, 0.6) is 0 Å². The Morgan fingerprint density at radius 3 is 2.42 bits per heavy atom. The third kappa shape index (κ3) is 2.93. The van der Waals surface area contributed by atoms with Gasteiger partial charge in [0.05, 0.1) is 0 Å². The molecule has 0 spiro atoms. The molecule has 0 aliphatic carbocycles. The van der Waals surface area contributed by atoms with Crippen molar-refractivity contribution in [3.05, 3.63) is 70.8 Å². The Labute approximate surface area is 107 Å². The minimum absolute atomic E-state index is 0.0242. The zero-order valence-electron chi connectivity index (χ0n) is 9.84. The van der Waals surface area contributed by atoms with Crippen LogP contribution >= 0.6 is 0 Å². The summed E-state index contributed by atoms with van der Waals surface area (Å²) in [6.45, 7) is 0. The van der Waals surface area contributed by atoms with E-state index >= 15 is 0 Å². The van der Waals surface area contributed by atoms with Crippen LogP contribution in [0.1, 0.15) is 17.2 Å². The van der Waals surface area contributed by atoms with Gasteiger partial charge in [0.2, 0.25) is 0 Å². The quantitative estimate of drug-likeness (QED) is 0.848. The molecule has 19 heavy (non-hydrogen) atoms. The predicted molar refractivity (Wildman–Crippen MR) is 63.3 cm³/mol. The first kappa shape index (κ1) is 13.5. The van der Waals surface area contributed by atoms with Crippen LogP contribution < -0.4 is 5.73 Å². The first-order valence-corrected chi connectivity index (χ1v) is 5.62. The SMILES string of the molecule is NC(Cc1cc(F)ccc1F)c1cccc(F)c1F. The maximum absolute atomic E-state index is 13.5. The Morgan fingerprint density at radius 1 is 0.947 bits per heavy atom. The lowest BCUT2D eigenvalue weighted by Crippen LogP contribution is -2.16. The Balaban J connectivity index is 2.28. The van der Waals surface area contributed by atoms with E-state index in [2.05, 4.69) is 0 Å². The number of hydrogen-bond acceptors (Lipinski definition) is 1. The molecule has 2 aromatic rings. The van der Waals surface area contributed by atoms with Crippen LogP contribution in [-0.4, -0.2) is 0 Å². The molecule has 0 aliphatic rings. The van der Waals surface area contributed by atoms with E-state index in [9.17, 15) is 17.6 Å². The summed E-state index contributed by atoms with van der Waals surface area (Å²) in [6.07, 6.45) is -0.121. The molecule has 0 saturated carbocycles. The van der Waals surface area contributed by atoms with Gasteiger partial charge in [-0.1, -0.05) is 12.1 Å². The minimum atomic E-state index is -1.06. The van der Waals surface area contributed by atoms with Crippen LogP contribution in [0.3, 0.4) is 0 Å². The molecule has 1 nitrogen and oxygen atoms in total. The molecule has 2 rings (SSSR count). The molecule has 1 atom stereocenters. The van der Waals surface area contributed by atoms with Crippen LogP contribution in [0.25, 0.3) is 0 Å². The zero-order chi connectivity index (χ0) is 14.0. The Bertz CT molecular complexity index is 598. The van der Waals surface area contributed by atoms with Crippen molar-refractivity contribution in [3.8, 4) is 0 Å². The lowest BCUT2D eigenvalue weighted by molar-refractivity contribution is 0.485. The molecule has 0 saturated heterocycles. The fourth-order valence-corrected chi connectivity index (χ4v) is 1.85. The maximum Gasteiger partial charge on any atom is 0.163 e. The summed E-state index contributed by atoms with van der Waals surface area (Å²) in [5.41, 5.74) is 5.68. The van der Waals surface area contributed by atoms with E-state index in [0.717, 1.165) is 24.3 Å². The molecule has 2 aromatic carbocycles. The second-order valence-electron chi connectivity index (χ2n) is 4.19. The summed E-state index contributed by atoms with van der Waals surface area (Å²) in [5.74, 6) is -3.32. The van der Waals surface area contributed by atoms with E-state index in [1.807, 2.05) is 0 Å². The van der Waals surface area contributed by atoms with Crippen molar-refractivity contribution in [3.63, 3.8) is 0 Å². The highest BCUT2D eigenvalue weighted by atomic mass is 19.2. The number of hydrogen-bond donors (Lipinski definition) is 1. The highest BCUT2D eigenvalue weighted by molar-refractivity contribution is 5.26. The molecule has 0 amide bonds. The fourth-order valence-electron chi connectivity index (χ4n) is 1.85. The Hall–Kier alpha value is -1.88. The predicted octanol–water partition coefficient (Wildman–Crippen LogP) is 3.49. The topological polar surface area (TPSA) is 26.0 Å². The minimum Gasteiger partial charge on any atom is -0.324 e. The highest BCUT2D eigenvalue weighted by Crippen LogP contribution is 2.22. The maximum atomic E-state index is 13.5. The second-order valence-corrected chi connectivity index (χ2v) is 4.19. The smallest absolute Gasteiger partial charge is 0.163 e. The summed E-state index contributed by atoms with van der Waals surface area (Å²) in [7, 11) is 0. The van der Waals surface area contributed by atoms with Crippen molar-refractivity contribution in [1.82, 2.24) is 0 Å². The molecule has 0 radical (unpaired) electrons. The van der Waals surface area contributed by atoms with Crippen molar-refractivity contribution >= 4 is 0 Å². The van der Waals surface area contributed by atoms with Crippen molar-refractivity contribution in [2.75, 3.05) is 0 Å². The van der Waals surface area contributed by atoms with Crippen molar-refractivity contribution in [1.29, 1.82) is 0 Å². The summed E-state index contributed by atoms with van der Waals surface area (Å²) in [4.78, 5) is 0. The number of nitrogens with two attached hydrogens (primary N) is 1. The normalized spacial score (nSPS) is 12.5. The summed E-state index contributed by atoms with van der Waals surface area (Å²) in [5, 5.41) is 0. The molecule has 0 fully saturated rings. The molecule has 5 heteroatoms. The second kappa shape index (κ2) is 5.40. The van der Waals surface area contributed by atoms with Gasteiger partial charge >= 0.3 is 0 Å².